The van der Waals surface area contributed by atoms with Gasteiger partial charge in [-0.15, -0.1) is 0 Å². The topological polar surface area (TPSA) is 131 Å². The molecular weight excluding hydrogens is 566 g/mol. The quantitative estimate of drug-likeness (QED) is 0.285. The van der Waals surface area contributed by atoms with Gasteiger partial charge in [0, 0.05) is 31.2 Å². The van der Waals surface area contributed by atoms with Gasteiger partial charge in [-0.2, -0.15) is 13.2 Å². The van der Waals surface area contributed by atoms with Crippen LogP contribution < -0.4 is 11.1 Å². The minimum Gasteiger partial charge on any atom is -0.371 e. The summed E-state index contributed by atoms with van der Waals surface area (Å²) in [6.07, 6.45) is 1.61. The smallest absolute Gasteiger partial charge is 0.371 e. The summed E-state index contributed by atoms with van der Waals surface area (Å²) in [6, 6.07) is 9.65. The number of fused-ring (bicyclic) bond motifs is 1. The third-order valence-corrected chi connectivity index (χ3v) is 5.81. The van der Waals surface area contributed by atoms with Gasteiger partial charge in [-0.1, -0.05) is 30.3 Å². The molecule has 0 bridgehead atoms. The van der Waals surface area contributed by atoms with E-state index in [0.29, 0.717) is 27.0 Å². The molecule has 0 saturated heterocycles. The second kappa shape index (κ2) is 9.13. The van der Waals surface area contributed by atoms with Crippen molar-refractivity contribution in [3.63, 3.8) is 0 Å². The lowest BCUT2D eigenvalue weighted by Crippen LogP contribution is -2.59. The van der Waals surface area contributed by atoms with E-state index >= 15 is 0 Å². The van der Waals surface area contributed by atoms with E-state index < -0.39 is 24.2 Å². The molecule has 0 saturated carbocycles. The minimum atomic E-state index is -5.27. The zero-order valence-corrected chi connectivity index (χ0v) is 19.4. The third-order valence-electron chi connectivity index (χ3n) is 5.02. The predicted molar refractivity (Wildman–Crippen MR) is 125 cm³/mol. The standard InChI is InChI=1S/C21H17F3IN7O2/c22-21(23,24)20(34,19(26)33)11-29-16-13(25)9-28-17(31-16)15-10-32-7-6-27-18(32)14(30-15)8-12-4-2-1-3-5-12/h1-7,9-10,34H,8,11H2,(H2,26,33)(H,28,29,31). The number of rotatable bonds is 7. The highest BCUT2D eigenvalue weighted by Crippen LogP contribution is 2.31. The number of hydrogen-bond donors (Lipinski definition) is 3. The molecule has 3 aromatic heterocycles. The maximum Gasteiger partial charge on any atom is 0.428 e. The number of nitrogens with two attached hydrogens (primary N) is 1. The molecule has 1 amide bonds. The van der Waals surface area contributed by atoms with Gasteiger partial charge in [0.2, 0.25) is 0 Å². The lowest BCUT2D eigenvalue weighted by atomic mass is 10.0. The van der Waals surface area contributed by atoms with E-state index in [4.69, 9.17) is 5.73 Å². The number of halogens is 4. The van der Waals surface area contributed by atoms with Gasteiger partial charge in [-0.05, 0) is 28.2 Å². The number of nitrogens with one attached hydrogen (secondary N) is 1. The van der Waals surface area contributed by atoms with Crippen molar-refractivity contribution in [2.45, 2.75) is 18.2 Å². The summed E-state index contributed by atoms with van der Waals surface area (Å²) in [6.45, 7) is -1.22. The Morgan fingerprint density at radius 2 is 1.91 bits per heavy atom. The molecule has 0 radical (unpaired) electrons. The highest BCUT2D eigenvalue weighted by molar-refractivity contribution is 14.1. The molecule has 1 unspecified atom stereocenters. The van der Waals surface area contributed by atoms with Gasteiger partial charge in [-0.25, -0.2) is 19.9 Å². The number of nitrogens with zero attached hydrogens (tertiary/aromatic N) is 5. The van der Waals surface area contributed by atoms with Crippen LogP contribution in [0.4, 0.5) is 19.0 Å². The third kappa shape index (κ3) is 4.65. The summed E-state index contributed by atoms with van der Waals surface area (Å²) in [5.41, 5.74) is 3.71. The molecule has 0 aliphatic rings. The monoisotopic (exact) mass is 583 g/mol. The largest absolute Gasteiger partial charge is 0.428 e. The molecule has 176 valence electrons. The van der Waals surface area contributed by atoms with E-state index in [9.17, 15) is 23.1 Å². The average Bonchev–Trinajstić information content (AvgIpc) is 3.27. The summed E-state index contributed by atoms with van der Waals surface area (Å²) in [7, 11) is 0. The Labute approximate surface area is 204 Å². The Kier molecular flexibility index (Phi) is 6.40. The Balaban J connectivity index is 1.69. The van der Waals surface area contributed by atoms with Crippen LogP contribution in [0.15, 0.2) is 55.1 Å². The Bertz CT molecular complexity index is 1350. The molecule has 1 aromatic carbocycles. The summed E-state index contributed by atoms with van der Waals surface area (Å²) in [4.78, 5) is 28.8. The summed E-state index contributed by atoms with van der Waals surface area (Å²) >= 11 is 1.82. The summed E-state index contributed by atoms with van der Waals surface area (Å²) in [5.74, 6) is -1.82. The molecule has 9 nitrogen and oxygen atoms in total. The molecule has 4 N–H and O–H groups in total. The number of benzene rings is 1. The van der Waals surface area contributed by atoms with Crippen LogP contribution in [0.5, 0.6) is 0 Å². The van der Waals surface area contributed by atoms with E-state index in [1.165, 1.54) is 6.20 Å². The van der Waals surface area contributed by atoms with Gasteiger partial charge < -0.3 is 20.6 Å². The zero-order valence-electron chi connectivity index (χ0n) is 17.3. The normalized spacial score (nSPS) is 13.6. The van der Waals surface area contributed by atoms with Crippen molar-refractivity contribution in [2.75, 3.05) is 11.9 Å². The van der Waals surface area contributed by atoms with Crippen molar-refractivity contribution in [1.82, 2.24) is 24.3 Å². The van der Waals surface area contributed by atoms with Gasteiger partial charge in [0.1, 0.15) is 11.5 Å². The second-order valence-electron chi connectivity index (χ2n) is 7.36. The van der Waals surface area contributed by atoms with Gasteiger partial charge in [0.15, 0.2) is 11.5 Å². The van der Waals surface area contributed by atoms with E-state index in [1.807, 2.05) is 52.9 Å². The van der Waals surface area contributed by atoms with Crippen LogP contribution in [0.25, 0.3) is 17.2 Å². The van der Waals surface area contributed by atoms with Crippen LogP contribution in [0, 0.1) is 3.57 Å². The number of carbonyl (C=O) groups excluding carboxylic acids is 1. The van der Waals surface area contributed by atoms with Crippen LogP contribution in [-0.2, 0) is 11.2 Å². The predicted octanol–water partition coefficient (Wildman–Crippen LogP) is 2.57. The van der Waals surface area contributed by atoms with Crippen LogP contribution in [0.3, 0.4) is 0 Å². The van der Waals surface area contributed by atoms with Crippen molar-refractivity contribution < 1.29 is 23.1 Å². The Morgan fingerprint density at radius 1 is 1.18 bits per heavy atom. The van der Waals surface area contributed by atoms with Gasteiger partial charge in [0.05, 0.1) is 15.8 Å². The van der Waals surface area contributed by atoms with Crippen LogP contribution >= 0.6 is 22.6 Å². The molecule has 4 rings (SSSR count). The molecule has 3 heterocycles. The molecule has 4 aromatic rings. The molecule has 34 heavy (non-hydrogen) atoms. The van der Waals surface area contributed by atoms with Crippen molar-refractivity contribution in [1.29, 1.82) is 0 Å². The number of aliphatic hydroxyl groups is 1. The lowest BCUT2D eigenvalue weighted by molar-refractivity contribution is -0.245. The van der Waals surface area contributed by atoms with E-state index in [0.717, 1.165) is 5.56 Å². The van der Waals surface area contributed by atoms with E-state index in [-0.39, 0.29) is 11.6 Å². The molecule has 13 heteroatoms. The first kappa shape index (κ1) is 23.8. The summed E-state index contributed by atoms with van der Waals surface area (Å²) in [5, 5.41) is 12.2. The minimum absolute atomic E-state index is 0.0216. The highest BCUT2D eigenvalue weighted by Gasteiger charge is 2.58. The van der Waals surface area contributed by atoms with Gasteiger partial charge >= 0.3 is 6.18 Å². The number of aromatic nitrogens is 5. The lowest BCUT2D eigenvalue weighted by Gasteiger charge is -2.27. The fourth-order valence-electron chi connectivity index (χ4n) is 3.17. The number of carbonyl (C=O) groups is 1. The maximum absolute atomic E-state index is 13.2. The molecule has 1 atom stereocenters. The number of amides is 1. The molecule has 0 aliphatic heterocycles. The highest BCUT2D eigenvalue weighted by atomic mass is 127. The fraction of sp³-hybridized carbons (Fsp3) is 0.190. The molecular formula is C21H17F3IN7O2. The number of hydrogen-bond acceptors (Lipinski definition) is 7. The average molecular weight is 583 g/mol. The van der Waals surface area contributed by atoms with Crippen molar-refractivity contribution in [2.24, 2.45) is 5.73 Å². The fourth-order valence-corrected chi connectivity index (χ4v) is 3.62. The Hall–Kier alpha value is -3.33. The number of alkyl halides is 3. The SMILES string of the molecule is NC(=O)C(O)(CNc1nc(-c2cn3ccnc3c(Cc3ccccc3)n2)ncc1I)C(F)(F)F. The van der Waals surface area contributed by atoms with Crippen LogP contribution in [0.1, 0.15) is 11.3 Å². The maximum atomic E-state index is 13.2. The summed E-state index contributed by atoms with van der Waals surface area (Å²) < 4.78 is 41.7. The first-order valence-corrected chi connectivity index (χ1v) is 10.9. The van der Waals surface area contributed by atoms with E-state index in [2.05, 4.69) is 25.3 Å². The first-order chi connectivity index (χ1) is 16.1. The molecule has 0 fully saturated rings. The first-order valence-electron chi connectivity index (χ1n) is 9.81. The molecule has 0 spiro atoms. The number of primary amides is 1. The Morgan fingerprint density at radius 3 is 2.59 bits per heavy atom. The second-order valence-corrected chi connectivity index (χ2v) is 8.52. The van der Waals surface area contributed by atoms with Crippen molar-refractivity contribution in [3.05, 3.63) is 69.9 Å². The van der Waals surface area contributed by atoms with Gasteiger partial charge in [-0.3, -0.25) is 4.79 Å². The number of anilines is 1. The molecule has 0 aliphatic carbocycles. The van der Waals surface area contributed by atoms with Crippen molar-refractivity contribution in [3.8, 4) is 11.5 Å². The van der Waals surface area contributed by atoms with E-state index in [1.54, 1.807) is 23.0 Å². The van der Waals surface area contributed by atoms with Crippen LogP contribution in [-0.4, -0.2) is 53.7 Å². The van der Waals surface area contributed by atoms with Crippen LogP contribution in [0.2, 0.25) is 0 Å². The number of imidazole rings is 1. The van der Waals surface area contributed by atoms with Gasteiger partial charge in [0.25, 0.3) is 11.5 Å². The zero-order chi connectivity index (χ0) is 24.5. The van der Waals surface area contributed by atoms with Crippen molar-refractivity contribution >= 4 is 40.0 Å².